The number of hydrogen-bond donors (Lipinski definition) is 3. The molecule has 1 rings (SSSR count). The van der Waals surface area contributed by atoms with E-state index in [0.717, 1.165) is 0 Å². The predicted octanol–water partition coefficient (Wildman–Crippen LogP) is 2.22. The first-order valence-electron chi connectivity index (χ1n) is 6.20. The number of nitrogens with zero attached hydrogens (tertiary/aromatic N) is 1. The van der Waals surface area contributed by atoms with E-state index < -0.39 is 0 Å². The molecule has 1 atom stereocenters. The molecule has 0 saturated heterocycles. The Balaban J connectivity index is 2.59. The number of rotatable bonds is 6. The van der Waals surface area contributed by atoms with E-state index in [0.29, 0.717) is 34.4 Å². The van der Waals surface area contributed by atoms with Crippen molar-refractivity contribution in [2.45, 2.75) is 19.4 Å². The maximum atomic E-state index is 11.9. The summed E-state index contributed by atoms with van der Waals surface area (Å²) in [6.07, 6.45) is 0.217. The van der Waals surface area contributed by atoms with Crippen LogP contribution >= 0.6 is 23.2 Å². The predicted molar refractivity (Wildman–Crippen MR) is 83.3 cm³/mol. The summed E-state index contributed by atoms with van der Waals surface area (Å²) in [6, 6.07) is 3.06. The molecule has 1 aromatic rings. The van der Waals surface area contributed by atoms with Gasteiger partial charge in [0.15, 0.2) is 0 Å². The molecule has 1 unspecified atom stereocenters. The van der Waals surface area contributed by atoms with E-state index in [1.165, 1.54) is 12.1 Å². The van der Waals surface area contributed by atoms with Crippen LogP contribution in [0.1, 0.15) is 13.3 Å². The summed E-state index contributed by atoms with van der Waals surface area (Å²) in [7, 11) is 1.80. The van der Waals surface area contributed by atoms with Gasteiger partial charge in [-0.3, -0.25) is 9.69 Å². The minimum Gasteiger partial charge on any atom is -0.399 e. The molecule has 0 fully saturated rings. The molecule has 0 aromatic heterocycles. The quantitative estimate of drug-likeness (QED) is 0.702. The summed E-state index contributed by atoms with van der Waals surface area (Å²) in [5, 5.41) is 12.5. The lowest BCUT2D eigenvalue weighted by molar-refractivity contribution is -0.117. The Morgan fingerprint density at radius 1 is 1.45 bits per heavy atom. The summed E-state index contributed by atoms with van der Waals surface area (Å²) in [4.78, 5) is 13.7. The van der Waals surface area contributed by atoms with E-state index in [9.17, 15) is 9.90 Å². The van der Waals surface area contributed by atoms with Gasteiger partial charge in [0.2, 0.25) is 5.91 Å². The number of aliphatic hydroxyl groups excluding tert-OH is 1. The molecular formula is C13H19Cl2N3O2. The Hall–Kier alpha value is -1.01. The highest BCUT2D eigenvalue weighted by molar-refractivity contribution is 6.40. The number of nitrogen functional groups attached to an aromatic ring is 1. The maximum Gasteiger partial charge on any atom is 0.238 e. The van der Waals surface area contributed by atoms with Gasteiger partial charge in [0.1, 0.15) is 0 Å². The third-order valence-corrected chi connectivity index (χ3v) is 3.27. The van der Waals surface area contributed by atoms with Gasteiger partial charge in [-0.05, 0) is 32.5 Å². The van der Waals surface area contributed by atoms with Crippen molar-refractivity contribution in [2.24, 2.45) is 0 Å². The molecule has 0 bridgehead atoms. The Morgan fingerprint density at radius 2 is 2.00 bits per heavy atom. The van der Waals surface area contributed by atoms with Gasteiger partial charge in [0, 0.05) is 12.2 Å². The summed E-state index contributed by atoms with van der Waals surface area (Å²) in [5.41, 5.74) is 6.39. The summed E-state index contributed by atoms with van der Waals surface area (Å²) >= 11 is 12.0. The average molecular weight is 320 g/mol. The molecule has 5 nitrogen and oxygen atoms in total. The smallest absolute Gasteiger partial charge is 0.238 e. The average Bonchev–Trinajstić information content (AvgIpc) is 2.31. The van der Waals surface area contributed by atoms with Gasteiger partial charge < -0.3 is 16.2 Å². The number of benzene rings is 1. The van der Waals surface area contributed by atoms with Crippen LogP contribution in [0.3, 0.4) is 0 Å². The number of amides is 1. The fourth-order valence-electron chi connectivity index (χ4n) is 1.62. The number of carbonyl (C=O) groups is 1. The Bertz CT molecular complexity index is 458. The topological polar surface area (TPSA) is 78.6 Å². The lowest BCUT2D eigenvalue weighted by Crippen LogP contribution is -2.32. The summed E-state index contributed by atoms with van der Waals surface area (Å²) in [5.74, 6) is -0.230. The summed E-state index contributed by atoms with van der Waals surface area (Å²) < 4.78 is 0. The van der Waals surface area contributed by atoms with E-state index >= 15 is 0 Å². The monoisotopic (exact) mass is 319 g/mol. The van der Waals surface area contributed by atoms with E-state index in [1.807, 2.05) is 0 Å². The molecule has 0 spiro atoms. The SMILES string of the molecule is CC(O)CCN(C)CC(=O)Nc1c(Cl)cc(N)cc1Cl. The van der Waals surface area contributed by atoms with Crippen molar-refractivity contribution < 1.29 is 9.90 Å². The van der Waals surface area contributed by atoms with Gasteiger partial charge in [0.25, 0.3) is 0 Å². The lowest BCUT2D eigenvalue weighted by atomic mass is 10.2. The molecule has 112 valence electrons. The molecule has 0 saturated carbocycles. The Morgan fingerprint density at radius 3 is 2.50 bits per heavy atom. The van der Waals surface area contributed by atoms with Crippen LogP contribution in [0.2, 0.25) is 10.0 Å². The van der Waals surface area contributed by atoms with Crippen LogP contribution in [-0.2, 0) is 4.79 Å². The third kappa shape index (κ3) is 5.54. The van der Waals surface area contributed by atoms with Gasteiger partial charge in [-0.2, -0.15) is 0 Å². The fourth-order valence-corrected chi connectivity index (χ4v) is 2.22. The first-order valence-corrected chi connectivity index (χ1v) is 6.96. The molecule has 1 aromatic carbocycles. The van der Waals surface area contributed by atoms with E-state index in [2.05, 4.69) is 5.32 Å². The zero-order valence-electron chi connectivity index (χ0n) is 11.5. The van der Waals surface area contributed by atoms with Gasteiger partial charge in [0.05, 0.1) is 28.4 Å². The van der Waals surface area contributed by atoms with Crippen LogP contribution in [0.25, 0.3) is 0 Å². The molecule has 0 aliphatic rings. The molecule has 7 heteroatoms. The minimum absolute atomic E-state index is 0.184. The van der Waals surface area contributed by atoms with Crippen molar-refractivity contribution in [2.75, 3.05) is 31.2 Å². The highest BCUT2D eigenvalue weighted by Gasteiger charge is 2.13. The van der Waals surface area contributed by atoms with Crippen LogP contribution in [-0.4, -0.2) is 42.2 Å². The molecule has 1 amide bonds. The van der Waals surface area contributed by atoms with Crippen LogP contribution in [0.15, 0.2) is 12.1 Å². The van der Waals surface area contributed by atoms with Crippen molar-refractivity contribution in [3.05, 3.63) is 22.2 Å². The number of aliphatic hydroxyl groups is 1. The van der Waals surface area contributed by atoms with E-state index in [-0.39, 0.29) is 18.6 Å². The largest absolute Gasteiger partial charge is 0.399 e. The number of anilines is 2. The van der Waals surface area contributed by atoms with Gasteiger partial charge in [-0.25, -0.2) is 0 Å². The first-order chi connectivity index (χ1) is 9.29. The Kier molecular flexibility index (Phi) is 6.55. The summed E-state index contributed by atoms with van der Waals surface area (Å²) in [6.45, 7) is 2.51. The normalized spacial score (nSPS) is 12.5. The first kappa shape index (κ1) is 17.0. The molecule has 20 heavy (non-hydrogen) atoms. The number of nitrogens with one attached hydrogen (secondary N) is 1. The van der Waals surface area contributed by atoms with Crippen LogP contribution < -0.4 is 11.1 Å². The molecule has 4 N–H and O–H groups in total. The number of nitrogens with two attached hydrogens (primary N) is 1. The standard InChI is InChI=1S/C13H19Cl2N3O2/c1-8(19)3-4-18(2)7-12(20)17-13-10(14)5-9(16)6-11(13)15/h5-6,8,19H,3-4,7,16H2,1-2H3,(H,17,20). The zero-order valence-corrected chi connectivity index (χ0v) is 13.0. The lowest BCUT2D eigenvalue weighted by Gasteiger charge is -2.17. The van der Waals surface area contributed by atoms with Gasteiger partial charge >= 0.3 is 0 Å². The van der Waals surface area contributed by atoms with Gasteiger partial charge in [-0.15, -0.1) is 0 Å². The number of carbonyl (C=O) groups excluding carboxylic acids is 1. The number of halogens is 2. The van der Waals surface area contributed by atoms with Crippen molar-refractivity contribution >= 4 is 40.5 Å². The molecule has 0 aliphatic carbocycles. The second-order valence-electron chi connectivity index (χ2n) is 4.78. The number of hydrogen-bond acceptors (Lipinski definition) is 4. The van der Waals surface area contributed by atoms with Crippen molar-refractivity contribution in [1.29, 1.82) is 0 Å². The van der Waals surface area contributed by atoms with Gasteiger partial charge in [-0.1, -0.05) is 23.2 Å². The van der Waals surface area contributed by atoms with Crippen LogP contribution in [0, 0.1) is 0 Å². The fraction of sp³-hybridized carbons (Fsp3) is 0.462. The second kappa shape index (κ2) is 7.69. The van der Waals surface area contributed by atoms with Crippen molar-refractivity contribution in [1.82, 2.24) is 4.90 Å². The minimum atomic E-state index is -0.388. The third-order valence-electron chi connectivity index (χ3n) is 2.67. The second-order valence-corrected chi connectivity index (χ2v) is 5.60. The highest BCUT2D eigenvalue weighted by Crippen LogP contribution is 2.32. The van der Waals surface area contributed by atoms with Crippen LogP contribution in [0.5, 0.6) is 0 Å². The van der Waals surface area contributed by atoms with E-state index in [4.69, 9.17) is 28.9 Å². The molecular weight excluding hydrogens is 301 g/mol. The molecule has 0 radical (unpaired) electrons. The highest BCUT2D eigenvalue weighted by atomic mass is 35.5. The van der Waals surface area contributed by atoms with Crippen LogP contribution in [0.4, 0.5) is 11.4 Å². The van der Waals surface area contributed by atoms with Crippen molar-refractivity contribution in [3.63, 3.8) is 0 Å². The molecule has 0 heterocycles. The molecule has 0 aliphatic heterocycles. The zero-order chi connectivity index (χ0) is 15.3. The maximum absolute atomic E-state index is 11.9. The number of likely N-dealkylation sites (N-methyl/N-ethyl adjacent to an activating group) is 1. The Labute approximate surface area is 128 Å². The van der Waals surface area contributed by atoms with Crippen molar-refractivity contribution in [3.8, 4) is 0 Å². The van der Waals surface area contributed by atoms with E-state index in [1.54, 1.807) is 18.9 Å².